The van der Waals surface area contributed by atoms with Gasteiger partial charge in [0.15, 0.2) is 0 Å². The monoisotopic (exact) mass is 421 g/mol. The minimum Gasteiger partial charge on any atom is -0.352 e. The Balaban J connectivity index is 1.76. The number of nitrogens with one attached hydrogen (secondary N) is 1. The molecule has 160 valence electrons. The number of rotatable bonds is 7. The van der Waals surface area contributed by atoms with Gasteiger partial charge in [0.05, 0.1) is 0 Å². The lowest BCUT2D eigenvalue weighted by Crippen LogP contribution is -2.24. The van der Waals surface area contributed by atoms with E-state index < -0.39 is 0 Å². The number of thiophene rings is 1. The minimum atomic E-state index is 0.0219. The Labute approximate surface area is 185 Å². The van der Waals surface area contributed by atoms with Gasteiger partial charge in [-0.25, -0.2) is 0 Å². The predicted octanol–water partition coefficient (Wildman–Crippen LogP) is 7.92. The van der Waals surface area contributed by atoms with Crippen LogP contribution < -0.4 is 5.32 Å². The smallest absolute Gasteiger partial charge is 0.251 e. The fraction of sp³-hybridized carbons (Fsp3) is 0.444. The second kappa shape index (κ2) is 9.78. The average molecular weight is 422 g/mol. The van der Waals surface area contributed by atoms with E-state index in [1.54, 1.807) is 11.3 Å². The first-order valence-corrected chi connectivity index (χ1v) is 12.0. The highest BCUT2D eigenvalue weighted by Crippen LogP contribution is 2.40. The first-order chi connectivity index (χ1) is 14.3. The first-order valence-electron chi connectivity index (χ1n) is 11.2. The fourth-order valence-electron chi connectivity index (χ4n) is 4.24. The summed E-state index contributed by atoms with van der Waals surface area (Å²) in [5.41, 5.74) is 5.29. The van der Waals surface area contributed by atoms with Crippen molar-refractivity contribution < 1.29 is 4.79 Å². The number of hydrogen-bond donors (Lipinski definition) is 1. The highest BCUT2D eigenvalue weighted by Gasteiger charge is 2.26. The van der Waals surface area contributed by atoms with E-state index in [9.17, 15) is 4.79 Å². The molecule has 3 heteroatoms. The Bertz CT molecular complexity index is 1000. The molecule has 0 saturated carbocycles. The van der Waals surface area contributed by atoms with E-state index in [1.165, 1.54) is 46.2 Å². The van der Waals surface area contributed by atoms with Crippen molar-refractivity contribution in [3.63, 3.8) is 0 Å². The first kappa shape index (κ1) is 22.6. The Morgan fingerprint density at radius 3 is 2.80 bits per heavy atom. The van der Waals surface area contributed by atoms with E-state index in [0.717, 1.165) is 29.6 Å². The topological polar surface area (TPSA) is 29.1 Å². The van der Waals surface area contributed by atoms with Gasteiger partial charge in [-0.2, -0.15) is 0 Å². The summed E-state index contributed by atoms with van der Waals surface area (Å²) in [6.07, 6.45) is 12.7. The summed E-state index contributed by atoms with van der Waals surface area (Å²) in [7, 11) is 0. The van der Waals surface area contributed by atoms with Crippen LogP contribution in [-0.2, 0) is 0 Å². The number of carbonyl (C=O) groups excluding carboxylic acids is 1. The van der Waals surface area contributed by atoms with E-state index in [1.807, 2.05) is 12.1 Å². The summed E-state index contributed by atoms with van der Waals surface area (Å²) in [4.78, 5) is 13.6. The third-order valence-corrected chi connectivity index (χ3v) is 7.09. The Kier molecular flexibility index (Phi) is 7.36. The van der Waals surface area contributed by atoms with E-state index in [0.29, 0.717) is 0 Å². The van der Waals surface area contributed by atoms with Gasteiger partial charge >= 0.3 is 0 Å². The lowest BCUT2D eigenvalue weighted by Gasteiger charge is -2.32. The molecule has 1 aromatic heterocycles. The number of fused-ring (bicyclic) bond motifs is 1. The van der Waals surface area contributed by atoms with Gasteiger partial charge in [0.25, 0.3) is 5.91 Å². The second-order valence-corrected chi connectivity index (χ2v) is 10.3. The van der Waals surface area contributed by atoms with Crippen LogP contribution in [0.25, 0.3) is 16.2 Å². The molecule has 1 heterocycles. The van der Waals surface area contributed by atoms with E-state index >= 15 is 0 Å². The Hall–Kier alpha value is -2.13. The van der Waals surface area contributed by atoms with Crippen LogP contribution in [0.15, 0.2) is 53.1 Å². The van der Waals surface area contributed by atoms with E-state index in [2.05, 4.69) is 70.3 Å². The third-order valence-electron chi connectivity index (χ3n) is 6.04. The molecule has 30 heavy (non-hydrogen) atoms. The molecule has 1 aliphatic rings. The van der Waals surface area contributed by atoms with Crippen molar-refractivity contribution in [2.45, 2.75) is 66.7 Å². The molecule has 0 spiro atoms. The molecule has 0 bridgehead atoms. The van der Waals surface area contributed by atoms with Gasteiger partial charge in [0.1, 0.15) is 0 Å². The zero-order valence-corrected chi connectivity index (χ0v) is 19.9. The normalized spacial score (nSPS) is 17.2. The van der Waals surface area contributed by atoms with Crippen LogP contribution in [0.5, 0.6) is 0 Å². The van der Waals surface area contributed by atoms with Crippen molar-refractivity contribution in [3.05, 3.63) is 63.6 Å². The van der Waals surface area contributed by atoms with Crippen LogP contribution in [0, 0.1) is 5.41 Å². The summed E-state index contributed by atoms with van der Waals surface area (Å²) < 4.78 is 1.16. The molecule has 0 saturated heterocycles. The molecule has 0 radical (unpaired) electrons. The lowest BCUT2D eigenvalue weighted by atomic mass is 9.72. The molecule has 2 nitrogen and oxygen atoms in total. The molecule has 3 rings (SSSR count). The van der Waals surface area contributed by atoms with Gasteiger partial charge in [-0.05, 0) is 85.8 Å². The molecule has 2 aromatic rings. The maximum Gasteiger partial charge on any atom is 0.251 e. The number of amides is 1. The second-order valence-electron chi connectivity index (χ2n) is 9.16. The summed E-state index contributed by atoms with van der Waals surface area (Å²) in [5, 5.41) is 4.20. The number of benzene rings is 1. The van der Waals surface area contributed by atoms with Crippen molar-refractivity contribution in [1.29, 1.82) is 0 Å². The fourth-order valence-corrected chi connectivity index (χ4v) is 5.36. The largest absolute Gasteiger partial charge is 0.352 e. The minimum absolute atomic E-state index is 0.0219. The van der Waals surface area contributed by atoms with Crippen molar-refractivity contribution in [2.24, 2.45) is 5.41 Å². The van der Waals surface area contributed by atoms with Crippen LogP contribution >= 0.6 is 11.3 Å². The lowest BCUT2D eigenvalue weighted by molar-refractivity contribution is 0.0953. The van der Waals surface area contributed by atoms with Crippen LogP contribution in [0.3, 0.4) is 0 Å². The van der Waals surface area contributed by atoms with Crippen molar-refractivity contribution >= 4 is 33.4 Å². The average Bonchev–Trinajstić information content (AvgIpc) is 3.08. The standard InChI is InChI=1S/C27H35NOS/c1-6-7-15-28-26(29)22-12-11-21-17-23(30-25(21)18-22)16-19(2)10-13-24-20(3)9-8-14-27(24,4)5/h10-13,16-18H,6-9,14-15H2,1-5H3,(H,28,29). The molecular formula is C27H35NOS. The molecular weight excluding hydrogens is 386 g/mol. The number of allylic oxidation sites excluding steroid dienone is 5. The van der Waals surface area contributed by atoms with Crippen LogP contribution in [0.1, 0.15) is 82.0 Å². The zero-order chi connectivity index (χ0) is 21.7. The summed E-state index contributed by atoms with van der Waals surface area (Å²) >= 11 is 1.75. The number of unbranched alkanes of at least 4 members (excludes halogenated alkanes) is 1. The highest BCUT2D eigenvalue weighted by atomic mass is 32.1. The van der Waals surface area contributed by atoms with Crippen LogP contribution in [-0.4, -0.2) is 12.5 Å². The van der Waals surface area contributed by atoms with Gasteiger partial charge in [-0.3, -0.25) is 4.79 Å². The number of hydrogen-bond acceptors (Lipinski definition) is 2. The number of carbonyl (C=O) groups is 1. The highest BCUT2D eigenvalue weighted by molar-refractivity contribution is 7.19. The van der Waals surface area contributed by atoms with Crippen molar-refractivity contribution in [1.82, 2.24) is 5.32 Å². The maximum absolute atomic E-state index is 12.3. The maximum atomic E-state index is 12.3. The molecule has 1 amide bonds. The molecule has 0 unspecified atom stereocenters. The quantitative estimate of drug-likeness (QED) is 0.357. The van der Waals surface area contributed by atoms with Gasteiger partial charge in [-0.1, -0.05) is 51.0 Å². The summed E-state index contributed by atoms with van der Waals surface area (Å²) in [5.74, 6) is 0.0219. The Morgan fingerprint density at radius 2 is 2.07 bits per heavy atom. The predicted molar refractivity (Wildman–Crippen MR) is 132 cm³/mol. The van der Waals surface area contributed by atoms with E-state index in [4.69, 9.17) is 0 Å². The Morgan fingerprint density at radius 1 is 1.27 bits per heavy atom. The molecule has 1 aliphatic carbocycles. The van der Waals surface area contributed by atoms with Crippen molar-refractivity contribution in [2.75, 3.05) is 6.54 Å². The molecule has 0 atom stereocenters. The summed E-state index contributed by atoms with van der Waals surface area (Å²) in [6.45, 7) is 12.0. The van der Waals surface area contributed by atoms with Crippen molar-refractivity contribution in [3.8, 4) is 0 Å². The molecule has 0 fully saturated rings. The molecule has 1 aromatic carbocycles. The zero-order valence-electron chi connectivity index (χ0n) is 19.1. The van der Waals surface area contributed by atoms with Gasteiger partial charge in [0.2, 0.25) is 0 Å². The molecule has 1 N–H and O–H groups in total. The molecule has 0 aliphatic heterocycles. The SMILES string of the molecule is CCCCNC(=O)c1ccc2cc(C=C(C)C=CC3=C(C)CCCC3(C)C)sc2c1. The summed E-state index contributed by atoms with van der Waals surface area (Å²) in [6, 6.07) is 8.21. The van der Waals surface area contributed by atoms with Crippen LogP contribution in [0.4, 0.5) is 0 Å². The van der Waals surface area contributed by atoms with E-state index in [-0.39, 0.29) is 11.3 Å². The third kappa shape index (κ3) is 5.51. The van der Waals surface area contributed by atoms with Gasteiger partial charge in [0, 0.05) is 21.7 Å². The van der Waals surface area contributed by atoms with Gasteiger partial charge in [-0.15, -0.1) is 11.3 Å². The van der Waals surface area contributed by atoms with Gasteiger partial charge < -0.3 is 5.32 Å². The van der Waals surface area contributed by atoms with Crippen LogP contribution in [0.2, 0.25) is 0 Å².